The van der Waals surface area contributed by atoms with Gasteiger partial charge in [-0.15, -0.1) is 24.0 Å². The van der Waals surface area contributed by atoms with Crippen LogP contribution < -0.4 is 10.6 Å². The molecule has 1 rings (SSSR count). The van der Waals surface area contributed by atoms with Crippen molar-refractivity contribution in [2.24, 2.45) is 10.9 Å². The Hall–Kier alpha value is -0.570. The molecule has 6 nitrogen and oxygen atoms in total. The van der Waals surface area contributed by atoms with Crippen LogP contribution in [-0.2, 0) is 9.53 Å². The predicted molar refractivity (Wildman–Crippen MR) is 101 cm³/mol. The summed E-state index contributed by atoms with van der Waals surface area (Å²) in [5.74, 6) is 1.52. The molecule has 0 saturated carbocycles. The Labute approximate surface area is 151 Å². The average molecular weight is 426 g/mol. The second-order valence-electron chi connectivity index (χ2n) is 5.45. The molecule has 1 aliphatic heterocycles. The first-order valence-corrected chi connectivity index (χ1v) is 8.01. The molecule has 1 amide bonds. The molecule has 0 radical (unpaired) electrons. The number of aliphatic imine (C=N–C) groups is 1. The molecule has 1 aliphatic rings. The number of ether oxygens (including phenoxy) is 1. The fraction of sp³-hybridized carbons (Fsp3) is 0.867. The van der Waals surface area contributed by atoms with E-state index in [9.17, 15) is 4.79 Å². The van der Waals surface area contributed by atoms with Gasteiger partial charge in [-0.05, 0) is 19.8 Å². The van der Waals surface area contributed by atoms with Gasteiger partial charge in [0.1, 0.15) is 0 Å². The van der Waals surface area contributed by atoms with Crippen molar-refractivity contribution in [2.45, 2.75) is 33.1 Å². The Bertz CT molecular complexity index is 334. The molecule has 0 aromatic carbocycles. The van der Waals surface area contributed by atoms with E-state index >= 15 is 0 Å². The second-order valence-corrected chi connectivity index (χ2v) is 5.45. The van der Waals surface area contributed by atoms with E-state index in [0.717, 1.165) is 51.6 Å². The van der Waals surface area contributed by atoms with Crippen molar-refractivity contribution in [3.05, 3.63) is 0 Å². The summed E-state index contributed by atoms with van der Waals surface area (Å²) < 4.78 is 5.41. The molecule has 1 saturated heterocycles. The lowest BCUT2D eigenvalue weighted by atomic mass is 10.1. The van der Waals surface area contributed by atoms with Crippen molar-refractivity contribution in [3.63, 3.8) is 0 Å². The van der Waals surface area contributed by atoms with Crippen LogP contribution in [0.25, 0.3) is 0 Å². The molecule has 7 heteroatoms. The van der Waals surface area contributed by atoms with Crippen molar-refractivity contribution >= 4 is 35.8 Å². The SMILES string of the molecule is CCCNC(=O)CCN=C(NCC)N(C)CC1CCOC1.I. The van der Waals surface area contributed by atoms with E-state index in [1.807, 2.05) is 14.0 Å². The van der Waals surface area contributed by atoms with Crippen LogP contribution in [0.3, 0.4) is 0 Å². The van der Waals surface area contributed by atoms with Gasteiger partial charge >= 0.3 is 0 Å². The highest BCUT2D eigenvalue weighted by atomic mass is 127. The summed E-state index contributed by atoms with van der Waals surface area (Å²) in [6.45, 7) is 8.82. The van der Waals surface area contributed by atoms with Crippen LogP contribution in [0.1, 0.15) is 33.1 Å². The van der Waals surface area contributed by atoms with Gasteiger partial charge in [0, 0.05) is 45.6 Å². The molecule has 1 fully saturated rings. The molecule has 1 unspecified atom stereocenters. The average Bonchev–Trinajstić information content (AvgIpc) is 2.97. The van der Waals surface area contributed by atoms with Gasteiger partial charge in [0.15, 0.2) is 5.96 Å². The number of amides is 1. The lowest BCUT2D eigenvalue weighted by Crippen LogP contribution is -2.41. The van der Waals surface area contributed by atoms with Gasteiger partial charge in [0.25, 0.3) is 0 Å². The predicted octanol–water partition coefficient (Wildman–Crippen LogP) is 1.45. The minimum atomic E-state index is 0. The molecule has 0 spiro atoms. The first-order chi connectivity index (χ1) is 10.2. The van der Waals surface area contributed by atoms with E-state index in [1.165, 1.54) is 0 Å². The highest BCUT2D eigenvalue weighted by molar-refractivity contribution is 14.0. The van der Waals surface area contributed by atoms with Crippen molar-refractivity contribution in [2.75, 3.05) is 46.4 Å². The number of nitrogens with zero attached hydrogens (tertiary/aromatic N) is 2. The maximum absolute atomic E-state index is 11.6. The summed E-state index contributed by atoms with van der Waals surface area (Å²) in [6.07, 6.45) is 2.52. The van der Waals surface area contributed by atoms with Gasteiger partial charge in [0.05, 0.1) is 13.2 Å². The van der Waals surface area contributed by atoms with Gasteiger partial charge in [0.2, 0.25) is 5.91 Å². The number of carbonyl (C=O) groups excluding carboxylic acids is 1. The maximum Gasteiger partial charge on any atom is 0.221 e. The van der Waals surface area contributed by atoms with E-state index in [4.69, 9.17) is 4.74 Å². The normalized spacial score (nSPS) is 17.8. The van der Waals surface area contributed by atoms with Gasteiger partial charge in [-0.3, -0.25) is 9.79 Å². The minimum absolute atomic E-state index is 0. The van der Waals surface area contributed by atoms with Gasteiger partial charge in [-0.2, -0.15) is 0 Å². The smallest absolute Gasteiger partial charge is 0.221 e. The van der Waals surface area contributed by atoms with Crippen LogP contribution in [0.4, 0.5) is 0 Å². The summed E-state index contributed by atoms with van der Waals surface area (Å²) in [5.41, 5.74) is 0. The number of guanidine groups is 1. The lowest BCUT2D eigenvalue weighted by molar-refractivity contribution is -0.120. The van der Waals surface area contributed by atoms with Gasteiger partial charge in [-0.25, -0.2) is 0 Å². The van der Waals surface area contributed by atoms with E-state index in [-0.39, 0.29) is 29.9 Å². The largest absolute Gasteiger partial charge is 0.381 e. The van der Waals surface area contributed by atoms with Crippen molar-refractivity contribution in [1.29, 1.82) is 0 Å². The van der Waals surface area contributed by atoms with Crippen molar-refractivity contribution < 1.29 is 9.53 Å². The summed E-state index contributed by atoms with van der Waals surface area (Å²) in [6, 6.07) is 0. The van der Waals surface area contributed by atoms with E-state index < -0.39 is 0 Å². The minimum Gasteiger partial charge on any atom is -0.381 e. The maximum atomic E-state index is 11.6. The summed E-state index contributed by atoms with van der Waals surface area (Å²) in [5, 5.41) is 6.14. The van der Waals surface area contributed by atoms with E-state index in [0.29, 0.717) is 18.9 Å². The zero-order valence-corrected chi connectivity index (χ0v) is 16.4. The second kappa shape index (κ2) is 12.9. The molecular weight excluding hydrogens is 395 g/mol. The van der Waals surface area contributed by atoms with Gasteiger partial charge in [-0.1, -0.05) is 6.92 Å². The Balaban J connectivity index is 0.00000441. The molecule has 1 heterocycles. The van der Waals surface area contributed by atoms with Crippen LogP contribution in [0, 0.1) is 5.92 Å². The molecule has 0 aromatic rings. The third-order valence-electron chi connectivity index (χ3n) is 3.43. The molecule has 2 N–H and O–H groups in total. The summed E-state index contributed by atoms with van der Waals surface area (Å²) in [4.78, 5) is 18.2. The quantitative estimate of drug-likeness (QED) is 0.351. The number of halogens is 1. The summed E-state index contributed by atoms with van der Waals surface area (Å²) >= 11 is 0. The highest BCUT2D eigenvalue weighted by Gasteiger charge is 2.18. The molecule has 0 aliphatic carbocycles. The zero-order valence-electron chi connectivity index (χ0n) is 14.1. The fourth-order valence-electron chi connectivity index (χ4n) is 2.29. The van der Waals surface area contributed by atoms with Crippen LogP contribution >= 0.6 is 24.0 Å². The molecule has 0 bridgehead atoms. The Morgan fingerprint density at radius 3 is 2.73 bits per heavy atom. The number of hydrogen-bond donors (Lipinski definition) is 2. The van der Waals surface area contributed by atoms with Crippen LogP contribution in [-0.4, -0.2) is 63.2 Å². The van der Waals surface area contributed by atoms with Crippen LogP contribution in [0.2, 0.25) is 0 Å². The van der Waals surface area contributed by atoms with Crippen molar-refractivity contribution in [3.8, 4) is 0 Å². The first-order valence-electron chi connectivity index (χ1n) is 8.01. The van der Waals surface area contributed by atoms with E-state index in [2.05, 4.69) is 27.4 Å². The Kier molecular flexibility index (Phi) is 12.6. The number of hydrogen-bond acceptors (Lipinski definition) is 3. The Morgan fingerprint density at radius 1 is 1.36 bits per heavy atom. The zero-order chi connectivity index (χ0) is 15.5. The standard InChI is InChI=1S/C15H30N4O2.HI/c1-4-8-17-14(20)6-9-18-15(16-5-2)19(3)11-13-7-10-21-12-13;/h13H,4-12H2,1-3H3,(H,16,18)(H,17,20);1H. The number of rotatable bonds is 8. The highest BCUT2D eigenvalue weighted by Crippen LogP contribution is 2.13. The molecular formula is C15H31IN4O2. The summed E-state index contributed by atoms with van der Waals surface area (Å²) in [7, 11) is 2.04. The third kappa shape index (κ3) is 8.77. The van der Waals surface area contributed by atoms with Gasteiger partial charge < -0.3 is 20.3 Å². The van der Waals surface area contributed by atoms with Crippen LogP contribution in [0.5, 0.6) is 0 Å². The third-order valence-corrected chi connectivity index (χ3v) is 3.43. The number of carbonyl (C=O) groups is 1. The molecule has 22 heavy (non-hydrogen) atoms. The lowest BCUT2D eigenvalue weighted by Gasteiger charge is -2.24. The van der Waals surface area contributed by atoms with Crippen LogP contribution in [0.15, 0.2) is 4.99 Å². The van der Waals surface area contributed by atoms with Crippen molar-refractivity contribution in [1.82, 2.24) is 15.5 Å². The topological polar surface area (TPSA) is 66.0 Å². The molecule has 0 aromatic heterocycles. The first kappa shape index (κ1) is 21.4. The molecule has 130 valence electrons. The molecule has 1 atom stereocenters. The Morgan fingerprint density at radius 2 is 2.14 bits per heavy atom. The monoisotopic (exact) mass is 426 g/mol. The fourth-order valence-corrected chi connectivity index (χ4v) is 2.29. The van der Waals surface area contributed by atoms with E-state index in [1.54, 1.807) is 0 Å². The number of nitrogens with one attached hydrogen (secondary N) is 2.